The van der Waals surface area contributed by atoms with E-state index in [4.69, 9.17) is 5.73 Å². The molecule has 0 aliphatic heterocycles. The van der Waals surface area contributed by atoms with Gasteiger partial charge in [-0.3, -0.25) is 9.78 Å². The Labute approximate surface area is 96.3 Å². The van der Waals surface area contributed by atoms with Gasteiger partial charge >= 0.3 is 0 Å². The molecule has 1 aromatic rings. The van der Waals surface area contributed by atoms with Crippen LogP contribution in [-0.2, 0) is 0 Å². The molecule has 1 unspecified atom stereocenters. The molecule has 1 amide bonds. The molecule has 0 saturated heterocycles. The van der Waals surface area contributed by atoms with Crippen LogP contribution in [0.25, 0.3) is 0 Å². The second-order valence-corrected chi connectivity index (χ2v) is 3.90. The molecule has 0 aromatic carbocycles. The first-order valence-corrected chi connectivity index (χ1v) is 5.60. The maximum atomic E-state index is 11.8. The Morgan fingerprint density at radius 2 is 2.38 bits per heavy atom. The van der Waals surface area contributed by atoms with Crippen molar-refractivity contribution in [2.45, 2.75) is 32.7 Å². The SMILES string of the molecule is CCCC(N)CNC(=O)c1cccnc1C. The average molecular weight is 221 g/mol. The normalized spacial score (nSPS) is 12.2. The van der Waals surface area contributed by atoms with Gasteiger partial charge in [-0.2, -0.15) is 0 Å². The van der Waals surface area contributed by atoms with Crippen LogP contribution in [0.5, 0.6) is 0 Å². The van der Waals surface area contributed by atoms with Crippen molar-refractivity contribution in [1.82, 2.24) is 10.3 Å². The van der Waals surface area contributed by atoms with Gasteiger partial charge in [-0.15, -0.1) is 0 Å². The van der Waals surface area contributed by atoms with Crippen LogP contribution >= 0.6 is 0 Å². The van der Waals surface area contributed by atoms with Crippen LogP contribution < -0.4 is 11.1 Å². The molecule has 0 bridgehead atoms. The molecule has 4 heteroatoms. The summed E-state index contributed by atoms with van der Waals surface area (Å²) in [5.74, 6) is -0.0999. The minimum Gasteiger partial charge on any atom is -0.350 e. The van der Waals surface area contributed by atoms with Gasteiger partial charge in [0.25, 0.3) is 5.91 Å². The fraction of sp³-hybridized carbons (Fsp3) is 0.500. The number of carbonyl (C=O) groups excluding carboxylic acids is 1. The molecule has 3 N–H and O–H groups in total. The Balaban J connectivity index is 2.50. The zero-order valence-electron chi connectivity index (χ0n) is 9.86. The van der Waals surface area contributed by atoms with Crippen LogP contribution in [0, 0.1) is 6.92 Å². The van der Waals surface area contributed by atoms with Crippen molar-refractivity contribution in [3.63, 3.8) is 0 Å². The summed E-state index contributed by atoms with van der Waals surface area (Å²) in [6.07, 6.45) is 3.63. The van der Waals surface area contributed by atoms with E-state index in [0.717, 1.165) is 18.5 Å². The summed E-state index contributed by atoms with van der Waals surface area (Å²) in [6.45, 7) is 4.41. The molecule has 0 radical (unpaired) electrons. The lowest BCUT2D eigenvalue weighted by Gasteiger charge is -2.12. The predicted molar refractivity (Wildman–Crippen MR) is 64.2 cm³/mol. The molecule has 16 heavy (non-hydrogen) atoms. The Hall–Kier alpha value is -1.42. The highest BCUT2D eigenvalue weighted by Crippen LogP contribution is 2.03. The fourth-order valence-electron chi connectivity index (χ4n) is 1.52. The van der Waals surface area contributed by atoms with Gasteiger partial charge in [0.2, 0.25) is 0 Å². The maximum Gasteiger partial charge on any atom is 0.253 e. The topological polar surface area (TPSA) is 68.0 Å². The molecule has 1 atom stereocenters. The standard InChI is InChI=1S/C12H19N3O/c1-3-5-10(13)8-15-12(16)11-6-4-7-14-9(11)2/h4,6-7,10H,3,5,8,13H2,1-2H3,(H,15,16). The van der Waals surface area contributed by atoms with E-state index in [-0.39, 0.29) is 11.9 Å². The molecular formula is C12H19N3O. The number of pyridine rings is 1. The zero-order valence-corrected chi connectivity index (χ0v) is 9.86. The second-order valence-electron chi connectivity index (χ2n) is 3.90. The minimum atomic E-state index is -0.0999. The number of amides is 1. The van der Waals surface area contributed by atoms with Gasteiger partial charge in [0.1, 0.15) is 0 Å². The lowest BCUT2D eigenvalue weighted by molar-refractivity contribution is 0.0949. The predicted octanol–water partition coefficient (Wildman–Crippen LogP) is 1.25. The number of rotatable bonds is 5. The van der Waals surface area contributed by atoms with Gasteiger partial charge in [-0.05, 0) is 25.5 Å². The van der Waals surface area contributed by atoms with E-state index in [2.05, 4.69) is 17.2 Å². The van der Waals surface area contributed by atoms with E-state index in [1.807, 2.05) is 6.92 Å². The first-order chi connectivity index (χ1) is 7.65. The van der Waals surface area contributed by atoms with E-state index in [1.54, 1.807) is 18.3 Å². The molecule has 0 fully saturated rings. The Bertz CT molecular complexity index is 352. The van der Waals surface area contributed by atoms with Crippen molar-refractivity contribution < 1.29 is 4.79 Å². The van der Waals surface area contributed by atoms with Gasteiger partial charge in [0.05, 0.1) is 5.56 Å². The highest BCUT2D eigenvalue weighted by Gasteiger charge is 2.09. The van der Waals surface area contributed by atoms with Crippen LogP contribution in [0.4, 0.5) is 0 Å². The number of hydrogen-bond acceptors (Lipinski definition) is 3. The Kier molecular flexibility index (Phi) is 4.92. The van der Waals surface area contributed by atoms with Crippen molar-refractivity contribution >= 4 is 5.91 Å². The summed E-state index contributed by atoms with van der Waals surface area (Å²) >= 11 is 0. The number of aryl methyl sites for hydroxylation is 1. The third-order valence-electron chi connectivity index (χ3n) is 2.44. The second kappa shape index (κ2) is 6.23. The molecule has 1 heterocycles. The molecule has 0 saturated carbocycles. The molecule has 1 aromatic heterocycles. The molecule has 1 rings (SSSR count). The highest BCUT2D eigenvalue weighted by molar-refractivity contribution is 5.95. The summed E-state index contributed by atoms with van der Waals surface area (Å²) in [5.41, 5.74) is 7.18. The summed E-state index contributed by atoms with van der Waals surface area (Å²) in [6, 6.07) is 3.56. The first-order valence-electron chi connectivity index (χ1n) is 5.60. The average Bonchev–Trinajstić information content (AvgIpc) is 2.27. The van der Waals surface area contributed by atoms with Gasteiger partial charge in [-0.1, -0.05) is 13.3 Å². The number of hydrogen-bond donors (Lipinski definition) is 2. The summed E-state index contributed by atoms with van der Waals surface area (Å²) < 4.78 is 0. The fourth-order valence-corrected chi connectivity index (χ4v) is 1.52. The molecule has 0 aliphatic rings. The molecule has 88 valence electrons. The molecular weight excluding hydrogens is 202 g/mol. The number of nitrogens with two attached hydrogens (primary N) is 1. The maximum absolute atomic E-state index is 11.8. The Morgan fingerprint density at radius 3 is 3.00 bits per heavy atom. The van der Waals surface area contributed by atoms with Crippen molar-refractivity contribution in [2.24, 2.45) is 5.73 Å². The van der Waals surface area contributed by atoms with Crippen molar-refractivity contribution in [3.05, 3.63) is 29.6 Å². The van der Waals surface area contributed by atoms with Crippen LogP contribution in [-0.4, -0.2) is 23.5 Å². The number of aromatic nitrogens is 1. The Morgan fingerprint density at radius 1 is 1.62 bits per heavy atom. The summed E-state index contributed by atoms with van der Waals surface area (Å²) in [4.78, 5) is 15.8. The monoisotopic (exact) mass is 221 g/mol. The largest absolute Gasteiger partial charge is 0.350 e. The van der Waals surface area contributed by atoms with Crippen LogP contribution in [0.15, 0.2) is 18.3 Å². The smallest absolute Gasteiger partial charge is 0.253 e. The zero-order chi connectivity index (χ0) is 12.0. The van der Waals surface area contributed by atoms with Crippen LogP contribution in [0.2, 0.25) is 0 Å². The third-order valence-corrected chi connectivity index (χ3v) is 2.44. The minimum absolute atomic E-state index is 0.0333. The van der Waals surface area contributed by atoms with E-state index in [0.29, 0.717) is 12.1 Å². The molecule has 0 spiro atoms. The summed E-state index contributed by atoms with van der Waals surface area (Å²) in [5, 5.41) is 2.82. The lowest BCUT2D eigenvalue weighted by atomic mass is 10.1. The van der Waals surface area contributed by atoms with E-state index >= 15 is 0 Å². The number of nitrogens with zero attached hydrogens (tertiary/aromatic N) is 1. The number of carbonyl (C=O) groups is 1. The van der Waals surface area contributed by atoms with Gasteiger partial charge in [0, 0.05) is 24.5 Å². The summed E-state index contributed by atoms with van der Waals surface area (Å²) in [7, 11) is 0. The lowest BCUT2D eigenvalue weighted by Crippen LogP contribution is -2.37. The van der Waals surface area contributed by atoms with Crippen molar-refractivity contribution in [1.29, 1.82) is 0 Å². The van der Waals surface area contributed by atoms with Gasteiger partial charge < -0.3 is 11.1 Å². The first kappa shape index (κ1) is 12.6. The van der Waals surface area contributed by atoms with E-state index in [9.17, 15) is 4.79 Å². The van der Waals surface area contributed by atoms with Crippen molar-refractivity contribution in [2.75, 3.05) is 6.54 Å². The number of nitrogens with one attached hydrogen (secondary N) is 1. The van der Waals surface area contributed by atoms with E-state index in [1.165, 1.54) is 0 Å². The van der Waals surface area contributed by atoms with Gasteiger partial charge in [0.15, 0.2) is 0 Å². The molecule has 0 aliphatic carbocycles. The van der Waals surface area contributed by atoms with E-state index < -0.39 is 0 Å². The van der Waals surface area contributed by atoms with Gasteiger partial charge in [-0.25, -0.2) is 0 Å². The van der Waals surface area contributed by atoms with Crippen LogP contribution in [0.1, 0.15) is 35.8 Å². The van der Waals surface area contributed by atoms with Crippen molar-refractivity contribution in [3.8, 4) is 0 Å². The highest BCUT2D eigenvalue weighted by atomic mass is 16.1. The molecule has 4 nitrogen and oxygen atoms in total. The third kappa shape index (κ3) is 3.62. The van der Waals surface area contributed by atoms with Crippen LogP contribution in [0.3, 0.4) is 0 Å². The quantitative estimate of drug-likeness (QED) is 0.786.